The van der Waals surface area contributed by atoms with E-state index >= 15 is 0 Å². The number of aryl methyl sites for hydroxylation is 1. The molecule has 1 aromatic carbocycles. The largest absolute Gasteiger partial charge is 0.463 e. The molecule has 32 heavy (non-hydrogen) atoms. The maximum absolute atomic E-state index is 10.2. The number of aldehydes is 1. The molecule has 3 heterocycles. The van der Waals surface area contributed by atoms with Crippen LogP contribution in [-0.2, 0) is 11.2 Å². The van der Waals surface area contributed by atoms with Crippen LogP contribution in [0.15, 0.2) is 54.7 Å². The van der Waals surface area contributed by atoms with E-state index < -0.39 is 0 Å². The third kappa shape index (κ3) is 7.29. The van der Waals surface area contributed by atoms with E-state index in [1.54, 1.807) is 18.3 Å². The first kappa shape index (κ1) is 23.1. The van der Waals surface area contributed by atoms with Crippen LogP contribution in [0, 0.1) is 6.92 Å². The van der Waals surface area contributed by atoms with Crippen molar-refractivity contribution in [3.63, 3.8) is 0 Å². The van der Waals surface area contributed by atoms with Crippen LogP contribution < -0.4 is 20.9 Å². The van der Waals surface area contributed by atoms with E-state index in [0.717, 1.165) is 42.0 Å². The minimum Gasteiger partial charge on any atom is -0.463 e. The van der Waals surface area contributed by atoms with E-state index in [2.05, 4.69) is 25.3 Å². The summed E-state index contributed by atoms with van der Waals surface area (Å²) in [6.45, 7) is 5.36. The second-order valence-corrected chi connectivity index (χ2v) is 7.09. The van der Waals surface area contributed by atoms with Gasteiger partial charge in [-0.1, -0.05) is 29.8 Å². The van der Waals surface area contributed by atoms with Crippen LogP contribution in [0.4, 0.5) is 11.6 Å². The molecule has 1 aliphatic rings. The molecule has 0 saturated carbocycles. The Bertz CT molecular complexity index is 980. The molecular formula is C23H28N6O3. The molecule has 9 heteroatoms. The summed E-state index contributed by atoms with van der Waals surface area (Å²) in [6.07, 6.45) is 3.31. The average Bonchev–Trinajstić information content (AvgIpc) is 2.85. The fourth-order valence-electron chi connectivity index (χ4n) is 3.04. The molecule has 3 N–H and O–H groups in total. The summed E-state index contributed by atoms with van der Waals surface area (Å²) >= 11 is 0. The predicted molar refractivity (Wildman–Crippen MR) is 123 cm³/mol. The Hall–Kier alpha value is -3.56. The van der Waals surface area contributed by atoms with Gasteiger partial charge in [-0.25, -0.2) is 5.84 Å². The molecule has 4 rings (SSSR count). The summed E-state index contributed by atoms with van der Waals surface area (Å²) in [7, 11) is 0. The summed E-state index contributed by atoms with van der Waals surface area (Å²) < 4.78 is 11.0. The van der Waals surface area contributed by atoms with E-state index in [9.17, 15) is 4.79 Å². The highest BCUT2D eigenvalue weighted by Crippen LogP contribution is 2.20. The number of aromatic nitrogens is 3. The van der Waals surface area contributed by atoms with E-state index in [0.29, 0.717) is 38.1 Å². The van der Waals surface area contributed by atoms with Crippen LogP contribution in [0.2, 0.25) is 0 Å². The van der Waals surface area contributed by atoms with Crippen molar-refractivity contribution < 1.29 is 14.3 Å². The van der Waals surface area contributed by atoms with Gasteiger partial charge >= 0.3 is 6.01 Å². The number of nitrogens with one attached hydrogen (secondary N) is 1. The first-order valence-corrected chi connectivity index (χ1v) is 10.4. The zero-order chi connectivity index (χ0) is 22.6. The number of nitrogens with zero attached hydrogens (tertiary/aromatic N) is 4. The van der Waals surface area contributed by atoms with Gasteiger partial charge in [0, 0.05) is 43.0 Å². The topological polar surface area (TPSA) is 115 Å². The summed E-state index contributed by atoms with van der Waals surface area (Å²) in [5, 5.41) is 0. The number of pyridine rings is 1. The summed E-state index contributed by atoms with van der Waals surface area (Å²) in [5.41, 5.74) is 5.39. The van der Waals surface area contributed by atoms with Gasteiger partial charge in [0.15, 0.2) is 0 Å². The molecule has 0 amide bonds. The maximum atomic E-state index is 10.2. The zero-order valence-electron chi connectivity index (χ0n) is 18.1. The van der Waals surface area contributed by atoms with Crippen LogP contribution in [0.3, 0.4) is 0 Å². The maximum Gasteiger partial charge on any atom is 0.320 e. The van der Waals surface area contributed by atoms with Crippen molar-refractivity contribution in [3.05, 3.63) is 71.5 Å². The molecule has 168 valence electrons. The number of nitrogen functional groups attached to an aromatic ring is 1. The SMILES string of the molecule is Cc1cccc(C=O)c1.NNc1cc(N2CCOCC2)nc(OCCc2ccccn2)n1. The molecule has 0 unspecified atom stereocenters. The van der Waals surface area contributed by atoms with Crippen LogP contribution in [-0.4, -0.2) is 54.1 Å². The van der Waals surface area contributed by atoms with Crippen molar-refractivity contribution in [1.29, 1.82) is 0 Å². The van der Waals surface area contributed by atoms with Crippen molar-refractivity contribution in [2.75, 3.05) is 43.2 Å². The molecule has 1 fully saturated rings. The normalized spacial score (nSPS) is 13.0. The number of hydrogen-bond acceptors (Lipinski definition) is 9. The monoisotopic (exact) mass is 436 g/mol. The molecule has 3 aromatic rings. The molecule has 0 bridgehead atoms. The van der Waals surface area contributed by atoms with Crippen LogP contribution in [0.1, 0.15) is 21.6 Å². The molecule has 0 atom stereocenters. The van der Waals surface area contributed by atoms with E-state index in [1.165, 1.54) is 0 Å². The van der Waals surface area contributed by atoms with Crippen molar-refractivity contribution in [2.24, 2.45) is 5.84 Å². The van der Waals surface area contributed by atoms with Crippen molar-refractivity contribution in [3.8, 4) is 6.01 Å². The smallest absolute Gasteiger partial charge is 0.320 e. The fraction of sp³-hybridized carbons (Fsp3) is 0.304. The number of anilines is 2. The summed E-state index contributed by atoms with van der Waals surface area (Å²) in [4.78, 5) is 25.2. The number of carbonyl (C=O) groups excluding carboxylic acids is 1. The molecule has 0 aliphatic carbocycles. The first-order chi connectivity index (χ1) is 15.7. The number of carbonyl (C=O) groups is 1. The summed E-state index contributed by atoms with van der Waals surface area (Å²) in [6, 6.07) is 15.4. The minimum absolute atomic E-state index is 0.304. The Morgan fingerprint density at radius 2 is 2.00 bits per heavy atom. The number of hydrogen-bond donors (Lipinski definition) is 2. The van der Waals surface area contributed by atoms with Crippen molar-refractivity contribution in [1.82, 2.24) is 15.0 Å². The van der Waals surface area contributed by atoms with Crippen LogP contribution in [0.25, 0.3) is 0 Å². The number of benzene rings is 1. The number of morpholine rings is 1. The lowest BCUT2D eigenvalue weighted by molar-refractivity contribution is 0.112. The van der Waals surface area contributed by atoms with E-state index in [-0.39, 0.29) is 0 Å². The molecular weight excluding hydrogens is 408 g/mol. The van der Waals surface area contributed by atoms with Gasteiger partial charge < -0.3 is 19.8 Å². The summed E-state index contributed by atoms with van der Waals surface area (Å²) in [5.74, 6) is 6.79. The molecule has 0 radical (unpaired) electrons. The Kier molecular flexibility index (Phi) is 8.91. The van der Waals surface area contributed by atoms with Crippen LogP contribution >= 0.6 is 0 Å². The number of hydrazine groups is 1. The van der Waals surface area contributed by atoms with E-state index in [4.69, 9.17) is 15.3 Å². The molecule has 1 aliphatic heterocycles. The lowest BCUT2D eigenvalue weighted by atomic mass is 10.2. The second kappa shape index (κ2) is 12.3. The van der Waals surface area contributed by atoms with Crippen molar-refractivity contribution >= 4 is 17.9 Å². The molecule has 2 aromatic heterocycles. The molecule has 0 spiro atoms. The lowest BCUT2D eigenvalue weighted by Gasteiger charge is -2.28. The highest BCUT2D eigenvalue weighted by atomic mass is 16.5. The lowest BCUT2D eigenvalue weighted by Crippen LogP contribution is -2.37. The third-order valence-electron chi connectivity index (χ3n) is 4.67. The first-order valence-electron chi connectivity index (χ1n) is 10.4. The predicted octanol–water partition coefficient (Wildman–Crippen LogP) is 2.42. The Labute approximate surface area is 187 Å². The van der Waals surface area contributed by atoms with Crippen LogP contribution in [0.5, 0.6) is 6.01 Å². The van der Waals surface area contributed by atoms with Gasteiger partial charge in [-0.2, -0.15) is 9.97 Å². The Morgan fingerprint density at radius 3 is 2.66 bits per heavy atom. The van der Waals surface area contributed by atoms with Gasteiger partial charge in [0.1, 0.15) is 17.9 Å². The highest BCUT2D eigenvalue weighted by molar-refractivity contribution is 5.74. The number of rotatable bonds is 7. The fourth-order valence-corrected chi connectivity index (χ4v) is 3.04. The average molecular weight is 437 g/mol. The van der Waals surface area contributed by atoms with Gasteiger partial charge in [-0.3, -0.25) is 9.78 Å². The van der Waals surface area contributed by atoms with Gasteiger partial charge in [0.05, 0.1) is 19.8 Å². The highest BCUT2D eigenvalue weighted by Gasteiger charge is 2.15. The van der Waals surface area contributed by atoms with Gasteiger partial charge in [-0.15, -0.1) is 0 Å². The van der Waals surface area contributed by atoms with Gasteiger partial charge in [-0.05, 0) is 25.1 Å². The quantitative estimate of drug-likeness (QED) is 0.327. The Balaban J connectivity index is 0.000000269. The Morgan fingerprint density at radius 1 is 1.16 bits per heavy atom. The number of nitrogens with two attached hydrogens (primary N) is 1. The van der Waals surface area contributed by atoms with Crippen molar-refractivity contribution in [2.45, 2.75) is 13.3 Å². The minimum atomic E-state index is 0.304. The third-order valence-corrected chi connectivity index (χ3v) is 4.67. The second-order valence-electron chi connectivity index (χ2n) is 7.09. The zero-order valence-corrected chi connectivity index (χ0v) is 18.1. The van der Waals surface area contributed by atoms with Gasteiger partial charge in [0.2, 0.25) is 0 Å². The standard InChI is InChI=1S/C15H20N6O2.C8H8O/c16-20-13-11-14(21-6-9-22-10-7-21)19-15(18-13)23-8-4-12-3-1-2-5-17-12;1-7-3-2-4-8(5-7)6-9/h1-3,5,11H,4,6-10,16H2,(H,18,19,20);2-6H,1H3. The number of ether oxygens (including phenoxy) is 2. The van der Waals surface area contributed by atoms with E-state index in [1.807, 2.05) is 43.3 Å². The molecule has 9 nitrogen and oxygen atoms in total. The molecule has 1 saturated heterocycles. The van der Waals surface area contributed by atoms with Gasteiger partial charge in [0.25, 0.3) is 0 Å².